The highest BCUT2D eigenvalue weighted by Gasteiger charge is 2.25. The normalized spacial score (nSPS) is 14.1. The van der Waals surface area contributed by atoms with Crippen molar-refractivity contribution in [3.63, 3.8) is 0 Å². The molecule has 0 spiro atoms. The number of alkyl halides is 1. The number of thiazole rings is 1. The monoisotopic (exact) mass is 267 g/mol. The minimum atomic E-state index is -3.27. The summed E-state index contributed by atoms with van der Waals surface area (Å²) in [4.78, 5) is 4.09. The van der Waals surface area contributed by atoms with Gasteiger partial charge in [-0.2, -0.15) is 0 Å². The number of aryl methyl sites for hydroxylation is 1. The van der Waals surface area contributed by atoms with Crippen molar-refractivity contribution in [3.8, 4) is 0 Å². The summed E-state index contributed by atoms with van der Waals surface area (Å²) in [6.07, 6.45) is 1.22. The van der Waals surface area contributed by atoms with Crippen molar-refractivity contribution in [2.24, 2.45) is 0 Å². The zero-order chi connectivity index (χ0) is 11.5. The molecule has 0 aliphatic carbocycles. The number of nitrogens with zero attached hydrogens (tertiary/aromatic N) is 1. The molecule has 1 aromatic rings. The van der Waals surface area contributed by atoms with E-state index in [4.69, 9.17) is 11.6 Å². The van der Waals surface area contributed by atoms with Crippen LogP contribution in [0.15, 0.2) is 9.72 Å². The van der Waals surface area contributed by atoms with E-state index in [-0.39, 0.29) is 4.34 Å². The number of hydrogen-bond donors (Lipinski definition) is 0. The molecule has 86 valence electrons. The van der Waals surface area contributed by atoms with Gasteiger partial charge in [-0.25, -0.2) is 13.4 Å². The summed E-state index contributed by atoms with van der Waals surface area (Å²) < 4.78 is 24.1. The first-order valence-electron chi connectivity index (χ1n) is 4.76. The number of rotatable bonds is 5. The van der Waals surface area contributed by atoms with Gasteiger partial charge in [0.15, 0.2) is 0 Å². The fraction of sp³-hybridized carbons (Fsp3) is 0.667. The Morgan fingerprint density at radius 3 is 2.73 bits per heavy atom. The van der Waals surface area contributed by atoms with Gasteiger partial charge in [0.05, 0.1) is 10.9 Å². The summed E-state index contributed by atoms with van der Waals surface area (Å²) in [5.74, 6) is 0.354. The van der Waals surface area contributed by atoms with E-state index < -0.39 is 15.1 Å². The Labute approximate surface area is 99.4 Å². The van der Waals surface area contributed by atoms with Gasteiger partial charge in [0.2, 0.25) is 14.2 Å². The molecule has 1 aromatic heterocycles. The summed E-state index contributed by atoms with van der Waals surface area (Å²) in [5.41, 5.74) is 0.830. The Morgan fingerprint density at radius 1 is 1.60 bits per heavy atom. The smallest absolute Gasteiger partial charge is 0.209 e. The van der Waals surface area contributed by atoms with Gasteiger partial charge in [0, 0.05) is 11.3 Å². The summed E-state index contributed by atoms with van der Waals surface area (Å²) in [6.45, 7) is 3.62. The number of aromatic nitrogens is 1. The van der Waals surface area contributed by atoms with Crippen molar-refractivity contribution < 1.29 is 8.42 Å². The van der Waals surface area contributed by atoms with Crippen LogP contribution >= 0.6 is 22.9 Å². The molecule has 15 heavy (non-hydrogen) atoms. The summed E-state index contributed by atoms with van der Waals surface area (Å²) in [6, 6.07) is 0. The molecule has 1 atom stereocenters. The van der Waals surface area contributed by atoms with Crippen molar-refractivity contribution in [2.75, 3.05) is 5.88 Å². The Bertz CT molecular complexity index is 414. The molecule has 0 bridgehead atoms. The molecule has 0 aromatic carbocycles. The average molecular weight is 268 g/mol. The van der Waals surface area contributed by atoms with Crippen molar-refractivity contribution in [1.29, 1.82) is 0 Å². The molecule has 0 saturated carbocycles. The van der Waals surface area contributed by atoms with Crippen molar-refractivity contribution in [2.45, 2.75) is 36.3 Å². The Kier molecular flexibility index (Phi) is 4.55. The number of sulfone groups is 1. The third kappa shape index (κ3) is 2.92. The molecule has 6 heteroatoms. The molecule has 1 unspecified atom stereocenters. The van der Waals surface area contributed by atoms with Gasteiger partial charge in [-0.3, -0.25) is 0 Å². The van der Waals surface area contributed by atoms with E-state index in [1.54, 1.807) is 12.3 Å². The molecule has 1 rings (SSSR count). The molecule has 0 fully saturated rings. The Morgan fingerprint density at radius 2 is 2.27 bits per heavy atom. The van der Waals surface area contributed by atoms with Crippen LogP contribution in [0.1, 0.15) is 26.0 Å². The van der Waals surface area contributed by atoms with E-state index in [9.17, 15) is 8.42 Å². The van der Waals surface area contributed by atoms with Gasteiger partial charge in [-0.15, -0.1) is 22.9 Å². The van der Waals surface area contributed by atoms with Crippen LogP contribution in [-0.4, -0.2) is 24.5 Å². The van der Waals surface area contributed by atoms with Gasteiger partial charge < -0.3 is 0 Å². The third-order valence-corrected chi connectivity index (χ3v) is 5.94. The zero-order valence-electron chi connectivity index (χ0n) is 8.73. The van der Waals surface area contributed by atoms with Crippen LogP contribution in [0.25, 0.3) is 0 Å². The molecular weight excluding hydrogens is 254 g/mol. The van der Waals surface area contributed by atoms with E-state index in [0.717, 1.165) is 12.1 Å². The molecule has 3 nitrogen and oxygen atoms in total. The first-order chi connectivity index (χ1) is 7.02. The second-order valence-electron chi connectivity index (χ2n) is 3.29. The summed E-state index contributed by atoms with van der Waals surface area (Å²) >= 11 is 6.73. The first-order valence-corrected chi connectivity index (χ1v) is 7.72. The zero-order valence-corrected chi connectivity index (χ0v) is 11.1. The van der Waals surface area contributed by atoms with Crippen LogP contribution in [0, 0.1) is 0 Å². The molecule has 1 heterocycles. The van der Waals surface area contributed by atoms with Crippen molar-refractivity contribution in [1.82, 2.24) is 4.98 Å². The van der Waals surface area contributed by atoms with Crippen molar-refractivity contribution >= 4 is 32.8 Å². The molecular formula is C9H14ClNO2S2. The van der Waals surface area contributed by atoms with Crippen LogP contribution in [0.2, 0.25) is 0 Å². The maximum atomic E-state index is 11.9. The van der Waals surface area contributed by atoms with Gasteiger partial charge in [0.25, 0.3) is 0 Å². The lowest BCUT2D eigenvalue weighted by molar-refractivity contribution is 0.580. The molecule has 0 amide bonds. The minimum absolute atomic E-state index is 0.219. The Hall–Kier alpha value is -0.130. The highest BCUT2D eigenvalue weighted by molar-refractivity contribution is 7.93. The lowest BCUT2D eigenvalue weighted by Gasteiger charge is -2.07. The van der Waals surface area contributed by atoms with E-state index >= 15 is 0 Å². The average Bonchev–Trinajstić information content (AvgIpc) is 2.66. The van der Waals surface area contributed by atoms with Crippen LogP contribution in [-0.2, 0) is 16.3 Å². The van der Waals surface area contributed by atoms with Gasteiger partial charge in [-0.05, 0) is 19.8 Å². The van der Waals surface area contributed by atoms with E-state index in [2.05, 4.69) is 4.98 Å². The van der Waals surface area contributed by atoms with E-state index in [0.29, 0.717) is 12.3 Å². The van der Waals surface area contributed by atoms with Gasteiger partial charge in [-0.1, -0.05) is 6.92 Å². The Balaban J connectivity index is 2.95. The number of hydrogen-bond acceptors (Lipinski definition) is 4. The van der Waals surface area contributed by atoms with Crippen LogP contribution in [0.4, 0.5) is 0 Å². The first kappa shape index (κ1) is 12.9. The highest BCUT2D eigenvalue weighted by atomic mass is 35.5. The fourth-order valence-electron chi connectivity index (χ4n) is 1.06. The van der Waals surface area contributed by atoms with Crippen LogP contribution in [0.5, 0.6) is 0 Å². The van der Waals surface area contributed by atoms with E-state index in [1.165, 1.54) is 11.3 Å². The van der Waals surface area contributed by atoms with Crippen LogP contribution in [0.3, 0.4) is 0 Å². The van der Waals surface area contributed by atoms with Crippen molar-refractivity contribution in [3.05, 3.63) is 11.1 Å². The second-order valence-corrected chi connectivity index (χ2v) is 7.07. The largest absolute Gasteiger partial charge is 0.230 e. The summed E-state index contributed by atoms with van der Waals surface area (Å²) in [7, 11) is -3.27. The molecule has 0 saturated heterocycles. The van der Waals surface area contributed by atoms with Crippen LogP contribution < -0.4 is 0 Å². The predicted molar refractivity (Wildman–Crippen MR) is 63.5 cm³/mol. The standard InChI is InChI=1S/C9H14ClNO2S2/c1-3-8-6-14-9(11-8)15(12,13)7(2)4-5-10/h6-7H,3-5H2,1-2H3. The third-order valence-electron chi connectivity index (χ3n) is 2.18. The second kappa shape index (κ2) is 5.27. The topological polar surface area (TPSA) is 47.0 Å². The number of halogens is 1. The highest BCUT2D eigenvalue weighted by Crippen LogP contribution is 2.22. The van der Waals surface area contributed by atoms with Gasteiger partial charge >= 0.3 is 0 Å². The molecule has 0 aliphatic rings. The molecule has 0 radical (unpaired) electrons. The predicted octanol–water partition coefficient (Wildman–Crippen LogP) is 2.50. The van der Waals surface area contributed by atoms with Gasteiger partial charge in [0.1, 0.15) is 0 Å². The summed E-state index contributed by atoms with van der Waals surface area (Å²) in [5, 5.41) is 1.34. The minimum Gasteiger partial charge on any atom is -0.230 e. The quantitative estimate of drug-likeness (QED) is 0.770. The maximum absolute atomic E-state index is 11.9. The fourth-order valence-corrected chi connectivity index (χ4v) is 4.34. The maximum Gasteiger partial charge on any atom is 0.209 e. The SMILES string of the molecule is CCc1csc(S(=O)(=O)C(C)CCCl)n1. The lowest BCUT2D eigenvalue weighted by atomic mass is 10.4. The molecule has 0 aliphatic heterocycles. The lowest BCUT2D eigenvalue weighted by Crippen LogP contribution is -2.18. The molecule has 0 N–H and O–H groups in total. The van der Waals surface area contributed by atoms with E-state index in [1.807, 2.05) is 6.92 Å².